The second-order valence-electron chi connectivity index (χ2n) is 6.39. The first kappa shape index (κ1) is 15.6. The molecule has 7 nitrogen and oxygen atoms in total. The molecule has 1 saturated heterocycles. The van der Waals surface area contributed by atoms with Gasteiger partial charge in [-0.2, -0.15) is 0 Å². The van der Waals surface area contributed by atoms with E-state index in [9.17, 15) is 14.4 Å². The zero-order valence-electron chi connectivity index (χ0n) is 12.3. The summed E-state index contributed by atoms with van der Waals surface area (Å²) in [6, 6.07) is -0.0943. The Morgan fingerprint density at radius 1 is 1.36 bits per heavy atom. The van der Waals surface area contributed by atoms with Crippen molar-refractivity contribution in [2.75, 3.05) is 18.8 Å². The fourth-order valence-corrected chi connectivity index (χ4v) is 3.76. The number of aliphatic carboxylic acids is 1. The van der Waals surface area contributed by atoms with Crippen LogP contribution in [0.4, 0.5) is 4.79 Å². The van der Waals surface area contributed by atoms with E-state index in [-0.39, 0.29) is 29.8 Å². The summed E-state index contributed by atoms with van der Waals surface area (Å²) in [7, 11) is 0. The van der Waals surface area contributed by atoms with Crippen LogP contribution >= 0.6 is 11.8 Å². The highest BCUT2D eigenvalue weighted by atomic mass is 32.2. The minimum atomic E-state index is -0.793. The van der Waals surface area contributed by atoms with Gasteiger partial charge in [0.05, 0.1) is 6.54 Å². The van der Waals surface area contributed by atoms with E-state index in [0.29, 0.717) is 11.7 Å². The molecule has 22 heavy (non-hydrogen) atoms. The number of rotatable bonds is 7. The van der Waals surface area contributed by atoms with E-state index >= 15 is 0 Å². The van der Waals surface area contributed by atoms with Crippen LogP contribution in [0.1, 0.15) is 25.7 Å². The van der Waals surface area contributed by atoms with Gasteiger partial charge in [0.25, 0.3) is 5.24 Å². The van der Waals surface area contributed by atoms with Crippen LogP contribution in [-0.2, 0) is 9.59 Å². The van der Waals surface area contributed by atoms with Gasteiger partial charge in [-0.3, -0.25) is 19.3 Å². The average molecular weight is 327 g/mol. The largest absolute Gasteiger partial charge is 0.480 e. The molecule has 2 saturated carbocycles. The fourth-order valence-electron chi connectivity index (χ4n) is 2.98. The monoisotopic (exact) mass is 327 g/mol. The summed E-state index contributed by atoms with van der Waals surface area (Å²) in [6.45, 7) is 0.935. The van der Waals surface area contributed by atoms with Gasteiger partial charge in [-0.05, 0) is 31.6 Å². The van der Waals surface area contributed by atoms with Crippen LogP contribution in [0.3, 0.4) is 0 Å². The molecule has 0 radical (unpaired) electrons. The average Bonchev–Trinajstić information content (AvgIpc) is 3.10. The molecule has 3 rings (SSSR count). The van der Waals surface area contributed by atoms with E-state index in [1.807, 2.05) is 4.90 Å². The third kappa shape index (κ3) is 3.92. The Morgan fingerprint density at radius 2 is 2.09 bits per heavy atom. The third-order valence-electron chi connectivity index (χ3n) is 4.49. The lowest BCUT2D eigenvalue weighted by molar-refractivity contribution is -0.140. The number of nitrogens with zero attached hydrogens (tertiary/aromatic N) is 1. The molecular formula is C14H21N3O4S. The highest BCUT2D eigenvalue weighted by Crippen LogP contribution is 2.33. The summed E-state index contributed by atoms with van der Waals surface area (Å²) in [5, 5.41) is 14.4. The zero-order chi connectivity index (χ0) is 15.7. The Hall–Kier alpha value is -1.28. The van der Waals surface area contributed by atoms with E-state index in [0.717, 1.165) is 31.1 Å². The Labute approximate surface area is 133 Å². The van der Waals surface area contributed by atoms with Crippen molar-refractivity contribution in [1.29, 1.82) is 0 Å². The van der Waals surface area contributed by atoms with Crippen LogP contribution < -0.4 is 10.6 Å². The molecule has 122 valence electrons. The Kier molecular flexibility index (Phi) is 4.58. The van der Waals surface area contributed by atoms with Crippen molar-refractivity contribution >= 4 is 28.9 Å². The summed E-state index contributed by atoms with van der Waals surface area (Å²) in [5.74, 6) is 0.208. The summed E-state index contributed by atoms with van der Waals surface area (Å²) < 4.78 is 0. The predicted molar refractivity (Wildman–Crippen MR) is 81.7 cm³/mol. The SMILES string of the molecule is O=C(O)CN(CC1CC1)C1CC(NC(=O)[C@@H]2CSC(=O)N2)C1. The molecule has 0 aromatic rings. The van der Waals surface area contributed by atoms with Gasteiger partial charge in [0.2, 0.25) is 5.91 Å². The minimum Gasteiger partial charge on any atom is -0.480 e. The molecule has 1 atom stereocenters. The maximum atomic E-state index is 12.0. The summed E-state index contributed by atoms with van der Waals surface area (Å²) >= 11 is 1.13. The Morgan fingerprint density at radius 3 is 2.64 bits per heavy atom. The maximum Gasteiger partial charge on any atom is 0.317 e. The minimum absolute atomic E-state index is 0.0805. The predicted octanol–water partition coefficient (Wildman–Crippen LogP) is 0.255. The molecule has 3 fully saturated rings. The number of carbonyl (C=O) groups excluding carboxylic acids is 2. The molecule has 0 spiro atoms. The number of amides is 2. The molecule has 1 aliphatic heterocycles. The number of hydrogen-bond donors (Lipinski definition) is 3. The van der Waals surface area contributed by atoms with Gasteiger partial charge in [0, 0.05) is 24.4 Å². The topological polar surface area (TPSA) is 98.7 Å². The van der Waals surface area contributed by atoms with Gasteiger partial charge in [-0.15, -0.1) is 0 Å². The smallest absolute Gasteiger partial charge is 0.317 e. The molecule has 2 aliphatic carbocycles. The van der Waals surface area contributed by atoms with Crippen molar-refractivity contribution in [3.05, 3.63) is 0 Å². The van der Waals surface area contributed by atoms with Gasteiger partial charge in [0.1, 0.15) is 6.04 Å². The van der Waals surface area contributed by atoms with Crippen molar-refractivity contribution < 1.29 is 19.5 Å². The van der Waals surface area contributed by atoms with Crippen molar-refractivity contribution in [2.45, 2.75) is 43.8 Å². The summed E-state index contributed by atoms with van der Waals surface area (Å²) in [5.41, 5.74) is 0. The van der Waals surface area contributed by atoms with Crippen LogP contribution in [0.15, 0.2) is 0 Å². The first-order valence-electron chi connectivity index (χ1n) is 7.70. The van der Waals surface area contributed by atoms with E-state index < -0.39 is 12.0 Å². The highest BCUT2D eigenvalue weighted by molar-refractivity contribution is 8.14. The lowest BCUT2D eigenvalue weighted by Gasteiger charge is -2.43. The number of hydrogen-bond acceptors (Lipinski definition) is 5. The van der Waals surface area contributed by atoms with Crippen LogP contribution in [0.25, 0.3) is 0 Å². The van der Waals surface area contributed by atoms with Crippen molar-refractivity contribution in [1.82, 2.24) is 15.5 Å². The van der Waals surface area contributed by atoms with Crippen LogP contribution in [0, 0.1) is 5.92 Å². The van der Waals surface area contributed by atoms with Gasteiger partial charge >= 0.3 is 5.97 Å². The fraction of sp³-hybridized carbons (Fsp3) is 0.786. The number of nitrogens with one attached hydrogen (secondary N) is 2. The Bertz CT molecular complexity index is 477. The number of carboxylic acid groups (broad SMARTS) is 1. The van der Waals surface area contributed by atoms with Gasteiger partial charge < -0.3 is 15.7 Å². The molecule has 8 heteroatoms. The standard InChI is InChI=1S/C14H21N3O4S/c18-12(19)6-17(5-8-1-2-8)10-3-9(4-10)15-13(20)11-7-22-14(21)16-11/h8-11H,1-7H2,(H,15,20)(H,16,21)(H,18,19)/t9?,10?,11-/m0/s1. The van der Waals surface area contributed by atoms with Crippen molar-refractivity contribution in [3.8, 4) is 0 Å². The van der Waals surface area contributed by atoms with Crippen LogP contribution in [0.2, 0.25) is 0 Å². The first-order valence-corrected chi connectivity index (χ1v) is 8.69. The van der Waals surface area contributed by atoms with E-state index in [1.165, 1.54) is 12.8 Å². The molecular weight excluding hydrogens is 306 g/mol. The van der Waals surface area contributed by atoms with E-state index in [2.05, 4.69) is 10.6 Å². The van der Waals surface area contributed by atoms with Gasteiger partial charge in [0.15, 0.2) is 0 Å². The van der Waals surface area contributed by atoms with Crippen molar-refractivity contribution in [3.63, 3.8) is 0 Å². The second kappa shape index (κ2) is 6.45. The van der Waals surface area contributed by atoms with E-state index in [4.69, 9.17) is 5.11 Å². The molecule has 0 aromatic carbocycles. The molecule has 0 bridgehead atoms. The molecule has 0 aromatic heterocycles. The molecule has 3 N–H and O–H groups in total. The molecule has 2 amide bonds. The lowest BCUT2D eigenvalue weighted by Crippen LogP contribution is -2.57. The maximum absolute atomic E-state index is 12.0. The molecule has 1 heterocycles. The second-order valence-corrected chi connectivity index (χ2v) is 7.39. The van der Waals surface area contributed by atoms with Crippen LogP contribution in [0.5, 0.6) is 0 Å². The number of carbonyl (C=O) groups is 3. The van der Waals surface area contributed by atoms with E-state index in [1.54, 1.807) is 0 Å². The third-order valence-corrected chi connectivity index (χ3v) is 5.37. The summed E-state index contributed by atoms with van der Waals surface area (Å²) in [4.78, 5) is 36.1. The highest BCUT2D eigenvalue weighted by Gasteiger charge is 2.39. The lowest BCUT2D eigenvalue weighted by atomic mass is 9.85. The van der Waals surface area contributed by atoms with Gasteiger partial charge in [-0.1, -0.05) is 11.8 Å². The zero-order valence-corrected chi connectivity index (χ0v) is 13.1. The normalized spacial score (nSPS) is 30.8. The number of thioether (sulfide) groups is 1. The Balaban J connectivity index is 1.42. The first-order chi connectivity index (χ1) is 10.5. The van der Waals surface area contributed by atoms with Gasteiger partial charge in [-0.25, -0.2) is 0 Å². The quantitative estimate of drug-likeness (QED) is 0.620. The molecule has 3 aliphatic rings. The number of carboxylic acids is 1. The molecule has 0 unspecified atom stereocenters. The van der Waals surface area contributed by atoms with Crippen LogP contribution in [-0.4, -0.2) is 64.1 Å². The summed E-state index contributed by atoms with van der Waals surface area (Å²) in [6.07, 6.45) is 3.98. The van der Waals surface area contributed by atoms with Crippen molar-refractivity contribution in [2.24, 2.45) is 5.92 Å².